The van der Waals surface area contributed by atoms with Gasteiger partial charge in [0.05, 0.1) is 6.54 Å². The first-order valence-corrected chi connectivity index (χ1v) is 8.74. The fraction of sp³-hybridized carbons (Fsp3) is 0.611. The van der Waals surface area contributed by atoms with Crippen molar-refractivity contribution in [3.8, 4) is 5.88 Å². The minimum absolute atomic E-state index is 0.0165. The van der Waals surface area contributed by atoms with E-state index in [4.69, 9.17) is 4.74 Å². The Labute approximate surface area is 143 Å². The van der Waals surface area contributed by atoms with Crippen molar-refractivity contribution >= 4 is 11.7 Å². The van der Waals surface area contributed by atoms with Gasteiger partial charge in [0.2, 0.25) is 5.91 Å². The third kappa shape index (κ3) is 3.86. The van der Waals surface area contributed by atoms with Crippen LogP contribution in [0.1, 0.15) is 32.1 Å². The van der Waals surface area contributed by atoms with Crippen LogP contribution in [0.25, 0.3) is 0 Å². The fourth-order valence-corrected chi connectivity index (χ4v) is 3.38. The number of piperidine rings is 1. The summed E-state index contributed by atoms with van der Waals surface area (Å²) in [6.07, 6.45) is 12.3. The van der Waals surface area contributed by atoms with Crippen molar-refractivity contribution in [2.24, 2.45) is 5.92 Å². The molecule has 6 nitrogen and oxygen atoms in total. The molecule has 24 heavy (non-hydrogen) atoms. The van der Waals surface area contributed by atoms with Gasteiger partial charge in [-0.1, -0.05) is 12.2 Å². The molecule has 130 valence electrons. The first kappa shape index (κ1) is 16.7. The van der Waals surface area contributed by atoms with E-state index in [1.54, 1.807) is 12.4 Å². The van der Waals surface area contributed by atoms with Crippen LogP contribution in [0.4, 0.5) is 5.82 Å². The summed E-state index contributed by atoms with van der Waals surface area (Å²) < 4.78 is 6.09. The molecule has 0 saturated carbocycles. The van der Waals surface area contributed by atoms with Crippen molar-refractivity contribution in [2.45, 2.75) is 38.2 Å². The zero-order chi connectivity index (χ0) is 16.9. The Balaban J connectivity index is 1.63. The summed E-state index contributed by atoms with van der Waals surface area (Å²) in [5.74, 6) is 1.68. The summed E-state index contributed by atoms with van der Waals surface area (Å²) >= 11 is 0. The van der Waals surface area contributed by atoms with Crippen LogP contribution < -0.4 is 9.64 Å². The highest BCUT2D eigenvalue weighted by Gasteiger charge is 2.30. The van der Waals surface area contributed by atoms with Crippen LogP contribution in [0, 0.1) is 5.92 Å². The average Bonchev–Trinajstić information content (AvgIpc) is 2.62. The van der Waals surface area contributed by atoms with Crippen molar-refractivity contribution in [1.29, 1.82) is 0 Å². The molecule has 1 saturated heterocycles. The number of hydrogen-bond donors (Lipinski definition) is 0. The van der Waals surface area contributed by atoms with Crippen molar-refractivity contribution in [3.05, 3.63) is 24.5 Å². The smallest absolute Gasteiger partial charge is 0.257 e. The monoisotopic (exact) mass is 330 g/mol. The van der Waals surface area contributed by atoms with E-state index in [1.807, 2.05) is 23.9 Å². The molecular weight excluding hydrogens is 304 g/mol. The molecule has 0 spiro atoms. The number of nitrogens with zero attached hydrogens (tertiary/aromatic N) is 4. The number of aromatic nitrogens is 2. The Hall–Kier alpha value is -2.11. The van der Waals surface area contributed by atoms with Crippen LogP contribution in [0.3, 0.4) is 0 Å². The lowest BCUT2D eigenvalue weighted by Crippen LogP contribution is -2.47. The van der Waals surface area contributed by atoms with Gasteiger partial charge >= 0.3 is 0 Å². The van der Waals surface area contributed by atoms with Gasteiger partial charge in [-0.3, -0.25) is 4.79 Å². The van der Waals surface area contributed by atoms with Gasteiger partial charge in [-0.2, -0.15) is 0 Å². The van der Waals surface area contributed by atoms with E-state index < -0.39 is 0 Å². The van der Waals surface area contributed by atoms with Gasteiger partial charge in [-0.15, -0.1) is 0 Å². The topological polar surface area (TPSA) is 58.6 Å². The highest BCUT2D eigenvalue weighted by atomic mass is 16.5. The van der Waals surface area contributed by atoms with Crippen molar-refractivity contribution in [1.82, 2.24) is 14.9 Å². The minimum atomic E-state index is -0.0165. The van der Waals surface area contributed by atoms with Crippen LogP contribution >= 0.6 is 0 Å². The number of allylic oxidation sites excluding steroid dienone is 2. The highest BCUT2D eigenvalue weighted by molar-refractivity contribution is 5.79. The Morgan fingerprint density at radius 3 is 2.83 bits per heavy atom. The standard InChI is InChI=1S/C18H26N4O2/c1-21(2)16-17(20-11-10-19-16)24-15-9-6-12-22(13-15)18(23)14-7-4-3-5-8-14/h3-4,10-11,14-15H,5-9,12-13H2,1-2H3/t14-,15+/m1/s1. The molecule has 2 aliphatic rings. The second-order valence-electron chi connectivity index (χ2n) is 6.73. The number of likely N-dealkylation sites (tertiary alicyclic amines) is 1. The second-order valence-corrected chi connectivity index (χ2v) is 6.73. The minimum Gasteiger partial charge on any atom is -0.470 e. The fourth-order valence-electron chi connectivity index (χ4n) is 3.38. The molecule has 1 aromatic rings. The molecule has 1 aromatic heterocycles. The molecule has 1 aliphatic heterocycles. The summed E-state index contributed by atoms with van der Waals surface area (Å²) in [7, 11) is 3.84. The van der Waals surface area contributed by atoms with E-state index in [0.29, 0.717) is 12.4 Å². The summed E-state index contributed by atoms with van der Waals surface area (Å²) in [6.45, 7) is 1.47. The lowest BCUT2D eigenvalue weighted by molar-refractivity contribution is -0.138. The van der Waals surface area contributed by atoms with Crippen molar-refractivity contribution < 1.29 is 9.53 Å². The Bertz CT molecular complexity index is 602. The van der Waals surface area contributed by atoms with E-state index in [2.05, 4.69) is 22.1 Å². The van der Waals surface area contributed by atoms with E-state index >= 15 is 0 Å². The van der Waals surface area contributed by atoms with Gasteiger partial charge in [0.1, 0.15) is 6.10 Å². The highest BCUT2D eigenvalue weighted by Crippen LogP contribution is 2.26. The Morgan fingerprint density at radius 2 is 2.08 bits per heavy atom. The number of hydrogen-bond acceptors (Lipinski definition) is 5. The predicted octanol–water partition coefficient (Wildman–Crippen LogP) is 2.27. The first-order valence-electron chi connectivity index (χ1n) is 8.74. The van der Waals surface area contributed by atoms with Gasteiger partial charge in [-0.05, 0) is 32.1 Å². The molecule has 1 fully saturated rings. The normalized spacial score (nSPS) is 23.8. The largest absolute Gasteiger partial charge is 0.470 e. The molecule has 6 heteroatoms. The maximum atomic E-state index is 12.7. The quantitative estimate of drug-likeness (QED) is 0.793. The SMILES string of the molecule is CN(C)c1nccnc1O[C@H]1CCCN(C(=O)[C@@H]2CC=CCC2)C1. The van der Waals surface area contributed by atoms with Gasteiger partial charge in [0.15, 0.2) is 5.82 Å². The molecule has 0 unspecified atom stereocenters. The summed E-state index contributed by atoms with van der Waals surface area (Å²) in [6, 6.07) is 0. The molecule has 2 atom stereocenters. The number of ether oxygens (including phenoxy) is 1. The maximum Gasteiger partial charge on any atom is 0.257 e. The van der Waals surface area contributed by atoms with E-state index in [0.717, 1.165) is 44.5 Å². The van der Waals surface area contributed by atoms with Crippen LogP contribution in [0.5, 0.6) is 5.88 Å². The van der Waals surface area contributed by atoms with Crippen LogP contribution in [0.15, 0.2) is 24.5 Å². The Kier molecular flexibility index (Phi) is 5.33. The molecule has 3 rings (SSSR count). The van der Waals surface area contributed by atoms with E-state index in [9.17, 15) is 4.79 Å². The van der Waals surface area contributed by atoms with Crippen molar-refractivity contribution in [3.63, 3.8) is 0 Å². The van der Waals surface area contributed by atoms with E-state index in [1.165, 1.54) is 0 Å². The average molecular weight is 330 g/mol. The van der Waals surface area contributed by atoms with Gasteiger partial charge in [-0.25, -0.2) is 9.97 Å². The summed E-state index contributed by atoms with van der Waals surface area (Å²) in [4.78, 5) is 25.2. The number of rotatable bonds is 4. The summed E-state index contributed by atoms with van der Waals surface area (Å²) in [5, 5.41) is 0. The van der Waals surface area contributed by atoms with Gasteiger partial charge < -0.3 is 14.5 Å². The lowest BCUT2D eigenvalue weighted by atomic mass is 9.92. The molecule has 0 aromatic carbocycles. The molecule has 0 bridgehead atoms. The zero-order valence-electron chi connectivity index (χ0n) is 14.5. The molecular formula is C18H26N4O2. The molecule has 2 heterocycles. The Morgan fingerprint density at radius 1 is 1.25 bits per heavy atom. The number of amides is 1. The molecule has 1 aliphatic carbocycles. The van der Waals surface area contributed by atoms with Crippen LogP contribution in [-0.4, -0.2) is 54.1 Å². The van der Waals surface area contributed by atoms with E-state index in [-0.39, 0.29) is 17.9 Å². The van der Waals surface area contributed by atoms with Crippen molar-refractivity contribution in [2.75, 3.05) is 32.1 Å². The second kappa shape index (κ2) is 7.64. The molecule has 0 N–H and O–H groups in total. The lowest BCUT2D eigenvalue weighted by Gasteiger charge is -2.35. The predicted molar refractivity (Wildman–Crippen MR) is 93.1 cm³/mol. The van der Waals surface area contributed by atoms with Crippen LogP contribution in [0.2, 0.25) is 0 Å². The van der Waals surface area contributed by atoms with Gasteiger partial charge in [0.25, 0.3) is 5.88 Å². The maximum absolute atomic E-state index is 12.7. The number of carbonyl (C=O) groups is 1. The zero-order valence-corrected chi connectivity index (χ0v) is 14.5. The van der Waals surface area contributed by atoms with Crippen LogP contribution in [-0.2, 0) is 4.79 Å². The third-order valence-corrected chi connectivity index (χ3v) is 4.66. The summed E-state index contributed by atoms with van der Waals surface area (Å²) in [5.41, 5.74) is 0. The first-order chi connectivity index (χ1) is 11.6. The van der Waals surface area contributed by atoms with Gasteiger partial charge in [0, 0.05) is 39.0 Å². The molecule has 0 radical (unpaired) electrons. The number of anilines is 1. The number of carbonyl (C=O) groups excluding carboxylic acids is 1. The molecule has 1 amide bonds. The third-order valence-electron chi connectivity index (χ3n) is 4.66.